The molecule has 0 amide bonds. The fourth-order valence-electron chi connectivity index (χ4n) is 1.79. The Bertz CT molecular complexity index is 630. The summed E-state index contributed by atoms with van der Waals surface area (Å²) in [5, 5.41) is 3.39. The molecular formula is C16H18Br2N2O. The number of pyridine rings is 1. The number of rotatable bonds is 5. The Balaban J connectivity index is 2.28. The minimum atomic E-state index is 0.407. The van der Waals surface area contributed by atoms with E-state index >= 15 is 0 Å². The van der Waals surface area contributed by atoms with Crippen LogP contribution in [0.2, 0.25) is 0 Å². The van der Waals surface area contributed by atoms with Crippen molar-refractivity contribution >= 4 is 31.9 Å². The smallest absolute Gasteiger partial charge is 0.223 e. The van der Waals surface area contributed by atoms with Crippen LogP contribution in [0.15, 0.2) is 39.4 Å². The molecule has 0 spiro atoms. The summed E-state index contributed by atoms with van der Waals surface area (Å²) >= 11 is 6.93. The van der Waals surface area contributed by atoms with Gasteiger partial charge in [-0.2, -0.15) is 0 Å². The summed E-state index contributed by atoms with van der Waals surface area (Å²) in [6.07, 6.45) is 1.75. The van der Waals surface area contributed by atoms with E-state index in [1.165, 1.54) is 0 Å². The zero-order chi connectivity index (χ0) is 15.4. The third-order valence-corrected chi connectivity index (χ3v) is 3.88. The summed E-state index contributed by atoms with van der Waals surface area (Å²) in [7, 11) is 0. The van der Waals surface area contributed by atoms with Crippen LogP contribution in [-0.4, -0.2) is 11.0 Å². The summed E-state index contributed by atoms with van der Waals surface area (Å²) in [4.78, 5) is 4.40. The van der Waals surface area contributed by atoms with Crippen LogP contribution in [0.3, 0.4) is 0 Å². The molecule has 112 valence electrons. The Hall–Kier alpha value is -0.910. The SMILES string of the molecule is Cc1ccc(Br)cc1Oc1ncc(Br)cc1CNC(C)C. The molecule has 0 unspecified atom stereocenters. The van der Waals surface area contributed by atoms with Gasteiger partial charge in [0.15, 0.2) is 0 Å². The van der Waals surface area contributed by atoms with E-state index in [0.717, 1.165) is 25.8 Å². The van der Waals surface area contributed by atoms with Crippen molar-refractivity contribution in [1.29, 1.82) is 0 Å². The van der Waals surface area contributed by atoms with Gasteiger partial charge in [-0.15, -0.1) is 0 Å². The number of hydrogen-bond acceptors (Lipinski definition) is 3. The molecule has 0 saturated carbocycles. The van der Waals surface area contributed by atoms with Crippen molar-refractivity contribution in [1.82, 2.24) is 10.3 Å². The van der Waals surface area contributed by atoms with Gasteiger partial charge >= 0.3 is 0 Å². The Morgan fingerprint density at radius 3 is 2.67 bits per heavy atom. The fourth-order valence-corrected chi connectivity index (χ4v) is 2.51. The van der Waals surface area contributed by atoms with E-state index in [9.17, 15) is 0 Å². The van der Waals surface area contributed by atoms with Crippen molar-refractivity contribution in [2.45, 2.75) is 33.4 Å². The second-order valence-electron chi connectivity index (χ2n) is 5.17. The van der Waals surface area contributed by atoms with Gasteiger partial charge in [-0.05, 0) is 46.6 Å². The van der Waals surface area contributed by atoms with Crippen molar-refractivity contribution in [3.63, 3.8) is 0 Å². The molecule has 0 bridgehead atoms. The lowest BCUT2D eigenvalue weighted by Crippen LogP contribution is -2.22. The minimum absolute atomic E-state index is 0.407. The average molecular weight is 414 g/mol. The van der Waals surface area contributed by atoms with Gasteiger partial charge in [0.05, 0.1) is 0 Å². The lowest BCUT2D eigenvalue weighted by molar-refractivity contribution is 0.446. The van der Waals surface area contributed by atoms with Crippen molar-refractivity contribution in [3.05, 3.63) is 50.5 Å². The Kier molecular flexibility index (Phi) is 5.79. The molecule has 2 rings (SSSR count). The molecule has 2 aromatic rings. The molecule has 1 N–H and O–H groups in total. The van der Waals surface area contributed by atoms with Gasteiger partial charge in [-0.3, -0.25) is 0 Å². The van der Waals surface area contributed by atoms with Gasteiger partial charge in [0.25, 0.3) is 0 Å². The topological polar surface area (TPSA) is 34.1 Å². The second kappa shape index (κ2) is 7.38. The number of benzene rings is 1. The number of nitrogens with zero attached hydrogens (tertiary/aromatic N) is 1. The molecule has 0 aliphatic carbocycles. The predicted octanol–water partition coefficient (Wildman–Crippen LogP) is 5.21. The standard InChI is InChI=1S/C16H18Br2N2O/c1-10(2)19-8-12-6-14(18)9-20-16(12)21-15-7-13(17)5-4-11(15)3/h4-7,9-10,19H,8H2,1-3H3. The first-order valence-corrected chi connectivity index (χ1v) is 8.36. The summed E-state index contributed by atoms with van der Waals surface area (Å²) in [5.41, 5.74) is 2.10. The summed E-state index contributed by atoms with van der Waals surface area (Å²) in [6, 6.07) is 8.41. The molecule has 0 aliphatic rings. The maximum absolute atomic E-state index is 6.01. The molecule has 1 aromatic carbocycles. The van der Waals surface area contributed by atoms with Gasteiger partial charge in [-0.1, -0.05) is 35.8 Å². The summed E-state index contributed by atoms with van der Waals surface area (Å²) in [5.74, 6) is 1.44. The zero-order valence-corrected chi connectivity index (χ0v) is 15.5. The summed E-state index contributed by atoms with van der Waals surface area (Å²) in [6.45, 7) is 6.97. The van der Waals surface area contributed by atoms with E-state index in [4.69, 9.17) is 4.74 Å². The van der Waals surface area contributed by atoms with Crippen molar-refractivity contribution in [2.24, 2.45) is 0 Å². The summed E-state index contributed by atoms with van der Waals surface area (Å²) < 4.78 is 7.94. The van der Waals surface area contributed by atoms with Crippen LogP contribution in [0.1, 0.15) is 25.0 Å². The van der Waals surface area contributed by atoms with E-state index in [0.29, 0.717) is 18.5 Å². The molecule has 0 fully saturated rings. The fraction of sp³-hybridized carbons (Fsp3) is 0.312. The average Bonchev–Trinajstić information content (AvgIpc) is 2.43. The molecule has 0 saturated heterocycles. The van der Waals surface area contributed by atoms with Crippen LogP contribution >= 0.6 is 31.9 Å². The first-order chi connectivity index (χ1) is 9.95. The van der Waals surface area contributed by atoms with Crippen molar-refractivity contribution in [3.8, 4) is 11.6 Å². The Morgan fingerprint density at radius 2 is 1.95 bits per heavy atom. The molecule has 21 heavy (non-hydrogen) atoms. The number of aromatic nitrogens is 1. The lowest BCUT2D eigenvalue weighted by atomic mass is 10.2. The van der Waals surface area contributed by atoms with E-state index in [-0.39, 0.29) is 0 Å². The largest absolute Gasteiger partial charge is 0.438 e. The third kappa shape index (κ3) is 4.80. The van der Waals surface area contributed by atoms with Crippen molar-refractivity contribution < 1.29 is 4.74 Å². The molecule has 3 nitrogen and oxygen atoms in total. The highest BCUT2D eigenvalue weighted by atomic mass is 79.9. The highest BCUT2D eigenvalue weighted by Crippen LogP contribution is 2.30. The monoisotopic (exact) mass is 412 g/mol. The van der Waals surface area contributed by atoms with Crippen LogP contribution in [-0.2, 0) is 6.54 Å². The van der Waals surface area contributed by atoms with E-state index in [2.05, 4.69) is 56.0 Å². The van der Waals surface area contributed by atoms with Gasteiger partial charge in [0.2, 0.25) is 5.88 Å². The van der Waals surface area contributed by atoms with Gasteiger partial charge in [0.1, 0.15) is 5.75 Å². The number of halogens is 2. The number of aryl methyl sites for hydroxylation is 1. The molecule has 1 heterocycles. The molecule has 1 aromatic heterocycles. The number of nitrogens with one attached hydrogen (secondary N) is 1. The van der Waals surface area contributed by atoms with E-state index in [1.807, 2.05) is 31.2 Å². The predicted molar refractivity (Wildman–Crippen MR) is 92.9 cm³/mol. The van der Waals surface area contributed by atoms with Crippen LogP contribution in [0.4, 0.5) is 0 Å². The second-order valence-corrected chi connectivity index (χ2v) is 7.00. The molecule has 0 aliphatic heterocycles. The molecule has 0 radical (unpaired) electrons. The quantitative estimate of drug-likeness (QED) is 0.730. The molecule has 5 heteroatoms. The van der Waals surface area contributed by atoms with Gasteiger partial charge in [0, 0.05) is 33.3 Å². The van der Waals surface area contributed by atoms with Gasteiger partial charge < -0.3 is 10.1 Å². The normalized spacial score (nSPS) is 11.0. The van der Waals surface area contributed by atoms with Crippen LogP contribution in [0.5, 0.6) is 11.6 Å². The van der Waals surface area contributed by atoms with Crippen LogP contribution in [0.25, 0.3) is 0 Å². The first kappa shape index (κ1) is 16.5. The first-order valence-electron chi connectivity index (χ1n) is 6.77. The lowest BCUT2D eigenvalue weighted by Gasteiger charge is -2.14. The maximum atomic E-state index is 6.01. The van der Waals surface area contributed by atoms with E-state index in [1.54, 1.807) is 6.20 Å². The Labute approximate surface area is 142 Å². The zero-order valence-electron chi connectivity index (χ0n) is 12.3. The maximum Gasteiger partial charge on any atom is 0.223 e. The van der Waals surface area contributed by atoms with Gasteiger partial charge in [-0.25, -0.2) is 4.98 Å². The highest BCUT2D eigenvalue weighted by molar-refractivity contribution is 9.10. The van der Waals surface area contributed by atoms with Crippen molar-refractivity contribution in [2.75, 3.05) is 0 Å². The minimum Gasteiger partial charge on any atom is -0.438 e. The molecule has 0 atom stereocenters. The third-order valence-electron chi connectivity index (χ3n) is 2.95. The number of ether oxygens (including phenoxy) is 1. The molecular weight excluding hydrogens is 396 g/mol. The van der Waals surface area contributed by atoms with Crippen LogP contribution < -0.4 is 10.1 Å². The van der Waals surface area contributed by atoms with Crippen LogP contribution in [0, 0.1) is 6.92 Å². The highest BCUT2D eigenvalue weighted by Gasteiger charge is 2.10. The van der Waals surface area contributed by atoms with E-state index < -0.39 is 0 Å². The Morgan fingerprint density at radius 1 is 1.19 bits per heavy atom. The number of hydrogen-bond donors (Lipinski definition) is 1.